The Balaban J connectivity index is 2.09. The first-order valence-corrected chi connectivity index (χ1v) is 10.5. The van der Waals surface area contributed by atoms with E-state index in [0.717, 1.165) is 12.1 Å². The number of aromatic nitrogens is 2. The van der Waals surface area contributed by atoms with Gasteiger partial charge in [0.15, 0.2) is 5.69 Å². The molecule has 0 bridgehead atoms. The molecule has 11 heteroatoms. The zero-order chi connectivity index (χ0) is 21.6. The Hall–Kier alpha value is -2.59. The third-order valence-electron chi connectivity index (χ3n) is 4.23. The summed E-state index contributed by atoms with van der Waals surface area (Å²) >= 11 is 0. The molecule has 0 saturated heterocycles. The number of carbonyl (C=O) groups excluding carboxylic acids is 1. The van der Waals surface area contributed by atoms with Gasteiger partial charge in [-0.1, -0.05) is 12.1 Å². The van der Waals surface area contributed by atoms with Crippen LogP contribution < -0.4 is 0 Å². The Kier molecular flexibility index (Phi) is 5.35. The highest BCUT2D eigenvalue weighted by atomic mass is 35.7. The maximum atomic E-state index is 12.7. The number of alkyl halides is 3. The number of rotatable bonds is 4. The second-order valence-electron chi connectivity index (χ2n) is 6.52. The summed E-state index contributed by atoms with van der Waals surface area (Å²) in [5.41, 5.74) is 0.213. The molecule has 29 heavy (non-hydrogen) atoms. The molecule has 0 fully saturated rings. The van der Waals surface area contributed by atoms with Crippen molar-refractivity contribution in [3.05, 3.63) is 59.3 Å². The summed E-state index contributed by atoms with van der Waals surface area (Å²) in [4.78, 5) is 13.6. The molecule has 2 aromatic carbocycles. The third-order valence-corrected chi connectivity index (χ3v) is 5.58. The Labute approximate surface area is 168 Å². The van der Waals surface area contributed by atoms with Gasteiger partial charge in [-0.2, -0.15) is 18.3 Å². The van der Waals surface area contributed by atoms with Crippen LogP contribution in [0, 0.1) is 0 Å². The van der Waals surface area contributed by atoms with E-state index in [1.165, 1.54) is 54.0 Å². The number of hydrogen-bond donors (Lipinski definition) is 0. The molecule has 0 spiro atoms. The highest BCUT2D eigenvalue weighted by Crippen LogP contribution is 2.30. The fourth-order valence-corrected chi connectivity index (χ4v) is 3.55. The molecule has 0 aliphatic carbocycles. The topological polar surface area (TPSA) is 72.3 Å². The molecular weight excluding hydrogens is 431 g/mol. The first kappa shape index (κ1) is 21.1. The first-order valence-electron chi connectivity index (χ1n) is 8.21. The number of fused-ring (bicyclic) bond motifs is 1. The van der Waals surface area contributed by atoms with E-state index in [1.54, 1.807) is 0 Å². The van der Waals surface area contributed by atoms with E-state index >= 15 is 0 Å². The van der Waals surface area contributed by atoms with Gasteiger partial charge < -0.3 is 4.90 Å². The van der Waals surface area contributed by atoms with Crippen LogP contribution in [0.4, 0.5) is 13.2 Å². The van der Waals surface area contributed by atoms with Crippen molar-refractivity contribution in [1.29, 1.82) is 0 Å². The lowest BCUT2D eigenvalue weighted by atomic mass is 10.1. The summed E-state index contributed by atoms with van der Waals surface area (Å²) in [6, 6.07) is 8.55. The molecule has 154 valence electrons. The number of nitrogens with zero attached hydrogens (tertiary/aromatic N) is 3. The lowest BCUT2D eigenvalue weighted by molar-refractivity contribution is -0.137. The standard InChI is InChI=1S/C18H15ClF3N3O3S/c1-24(2)17(26)16-14-9-13(29(19,27)28)7-8-15(14)25(23-16)10-11-3-5-12(6-4-11)18(20,21)22/h3-9H,10H2,1-2H3. The first-order chi connectivity index (χ1) is 13.4. The number of amides is 1. The maximum Gasteiger partial charge on any atom is 0.416 e. The summed E-state index contributed by atoms with van der Waals surface area (Å²) in [5, 5.41) is 4.54. The average Bonchev–Trinajstić information content (AvgIpc) is 2.97. The van der Waals surface area contributed by atoms with Gasteiger partial charge in [0.25, 0.3) is 15.0 Å². The predicted octanol–water partition coefficient (Wildman–Crippen LogP) is 3.73. The Bertz CT molecular complexity index is 1190. The minimum absolute atomic E-state index is 0.0130. The van der Waals surface area contributed by atoms with E-state index in [4.69, 9.17) is 10.7 Å². The van der Waals surface area contributed by atoms with Crippen molar-refractivity contribution in [2.24, 2.45) is 0 Å². The van der Waals surface area contributed by atoms with Crippen LogP contribution in [0.2, 0.25) is 0 Å². The van der Waals surface area contributed by atoms with Gasteiger partial charge in [-0.25, -0.2) is 8.42 Å². The van der Waals surface area contributed by atoms with E-state index in [2.05, 4.69) is 5.10 Å². The molecule has 0 atom stereocenters. The average molecular weight is 446 g/mol. The van der Waals surface area contributed by atoms with Crippen LogP contribution in [0.15, 0.2) is 47.4 Å². The van der Waals surface area contributed by atoms with Crippen molar-refractivity contribution in [1.82, 2.24) is 14.7 Å². The van der Waals surface area contributed by atoms with Crippen LogP contribution in [0.3, 0.4) is 0 Å². The number of carbonyl (C=O) groups is 1. The minimum atomic E-state index is -4.44. The van der Waals surface area contributed by atoms with Gasteiger partial charge in [0.2, 0.25) is 0 Å². The maximum absolute atomic E-state index is 12.7. The molecule has 6 nitrogen and oxygen atoms in total. The molecule has 0 aliphatic heterocycles. The third kappa shape index (κ3) is 4.38. The summed E-state index contributed by atoms with van der Waals surface area (Å²) in [5.74, 6) is -0.453. The lowest BCUT2D eigenvalue weighted by Gasteiger charge is -2.08. The van der Waals surface area contributed by atoms with Crippen molar-refractivity contribution in [2.45, 2.75) is 17.6 Å². The number of halogens is 4. The van der Waals surface area contributed by atoms with Gasteiger partial charge in [-0.15, -0.1) is 0 Å². The van der Waals surface area contributed by atoms with Crippen LogP contribution in [0.25, 0.3) is 10.9 Å². The lowest BCUT2D eigenvalue weighted by Crippen LogP contribution is -2.22. The van der Waals surface area contributed by atoms with E-state index < -0.39 is 26.7 Å². The summed E-state index contributed by atoms with van der Waals surface area (Å²) in [6.45, 7) is 0.0856. The zero-order valence-corrected chi connectivity index (χ0v) is 16.8. The van der Waals surface area contributed by atoms with Gasteiger partial charge in [0.05, 0.1) is 22.5 Å². The van der Waals surface area contributed by atoms with E-state index in [9.17, 15) is 26.4 Å². The Morgan fingerprint density at radius 3 is 2.28 bits per heavy atom. The SMILES string of the molecule is CN(C)C(=O)c1nn(Cc2ccc(C(F)(F)F)cc2)c2ccc(S(=O)(=O)Cl)cc12. The fourth-order valence-electron chi connectivity index (χ4n) is 2.77. The van der Waals surface area contributed by atoms with Gasteiger partial charge in [-0.3, -0.25) is 9.48 Å². The Morgan fingerprint density at radius 2 is 1.76 bits per heavy atom. The van der Waals surface area contributed by atoms with Crippen LogP contribution in [0.1, 0.15) is 21.6 Å². The van der Waals surface area contributed by atoms with Gasteiger partial charge in [0.1, 0.15) is 0 Å². The van der Waals surface area contributed by atoms with E-state index in [0.29, 0.717) is 11.1 Å². The predicted molar refractivity (Wildman–Crippen MR) is 101 cm³/mol. The van der Waals surface area contributed by atoms with E-state index in [-0.39, 0.29) is 22.5 Å². The van der Waals surface area contributed by atoms with Crippen molar-refractivity contribution >= 4 is 36.5 Å². The van der Waals surface area contributed by atoms with Gasteiger partial charge in [-0.05, 0) is 35.9 Å². The van der Waals surface area contributed by atoms with Crippen LogP contribution in [-0.2, 0) is 21.8 Å². The van der Waals surface area contributed by atoms with Crippen molar-refractivity contribution in [3.8, 4) is 0 Å². The number of hydrogen-bond acceptors (Lipinski definition) is 4. The molecule has 0 saturated carbocycles. The second-order valence-corrected chi connectivity index (χ2v) is 9.08. The minimum Gasteiger partial charge on any atom is -0.343 e. The highest BCUT2D eigenvalue weighted by molar-refractivity contribution is 8.13. The van der Waals surface area contributed by atoms with Crippen molar-refractivity contribution in [2.75, 3.05) is 14.1 Å². The van der Waals surface area contributed by atoms with Crippen LogP contribution in [-0.4, -0.2) is 43.1 Å². The van der Waals surface area contributed by atoms with Crippen molar-refractivity contribution in [3.63, 3.8) is 0 Å². The molecule has 0 N–H and O–H groups in total. The van der Waals surface area contributed by atoms with Gasteiger partial charge in [0, 0.05) is 30.2 Å². The normalized spacial score (nSPS) is 12.3. The second kappa shape index (κ2) is 7.34. The quantitative estimate of drug-likeness (QED) is 0.574. The van der Waals surface area contributed by atoms with Crippen LogP contribution >= 0.6 is 10.7 Å². The number of benzene rings is 2. The molecule has 0 aliphatic rings. The highest BCUT2D eigenvalue weighted by Gasteiger charge is 2.30. The molecular formula is C18H15ClF3N3O3S. The molecule has 1 amide bonds. The molecule has 0 unspecified atom stereocenters. The molecule has 1 heterocycles. The zero-order valence-electron chi connectivity index (χ0n) is 15.2. The summed E-state index contributed by atoms with van der Waals surface area (Å²) < 4.78 is 62.9. The monoisotopic (exact) mass is 445 g/mol. The molecule has 3 rings (SSSR count). The van der Waals surface area contributed by atoms with Gasteiger partial charge >= 0.3 is 6.18 Å². The largest absolute Gasteiger partial charge is 0.416 e. The van der Waals surface area contributed by atoms with Crippen LogP contribution in [0.5, 0.6) is 0 Å². The summed E-state index contributed by atoms with van der Waals surface area (Å²) in [7, 11) is 4.42. The van der Waals surface area contributed by atoms with Crippen molar-refractivity contribution < 1.29 is 26.4 Å². The molecule has 3 aromatic rings. The molecule has 1 aromatic heterocycles. The molecule has 0 radical (unpaired) electrons. The fraction of sp³-hybridized carbons (Fsp3) is 0.222. The Morgan fingerprint density at radius 1 is 1.14 bits per heavy atom. The smallest absolute Gasteiger partial charge is 0.343 e. The summed E-state index contributed by atoms with van der Waals surface area (Å²) in [6.07, 6.45) is -4.44. The van der Waals surface area contributed by atoms with E-state index in [1.807, 2.05) is 0 Å².